The maximum atomic E-state index is 13.3. The Balaban J connectivity index is 2.22. The third-order valence-corrected chi connectivity index (χ3v) is 7.03. The van der Waals surface area contributed by atoms with E-state index >= 15 is 0 Å². The first-order valence-electron chi connectivity index (χ1n) is 9.29. The Kier molecular flexibility index (Phi) is 6.82. The van der Waals surface area contributed by atoms with Crippen LogP contribution in [0, 0.1) is 20.8 Å². The number of aryl methyl sites for hydroxylation is 3. The molecule has 0 radical (unpaired) electrons. The molecule has 0 aromatic heterocycles. The Bertz CT molecular complexity index is 738. The zero-order valence-corrected chi connectivity index (χ0v) is 17.2. The van der Waals surface area contributed by atoms with Gasteiger partial charge in [0.25, 0.3) is 0 Å². The second kappa shape index (κ2) is 8.50. The monoisotopic (exact) mass is 381 g/mol. The van der Waals surface area contributed by atoms with E-state index < -0.39 is 16.1 Å². The Hall–Kier alpha value is -1.44. The highest BCUT2D eigenvalue weighted by atomic mass is 32.2. The largest absolute Gasteiger partial charge is 0.353 e. The molecule has 1 heterocycles. The third kappa shape index (κ3) is 4.45. The van der Waals surface area contributed by atoms with Crippen molar-refractivity contribution in [2.45, 2.75) is 64.4 Å². The minimum absolute atomic E-state index is 0.150. The Labute approximate surface area is 157 Å². The molecule has 0 bridgehead atoms. The molecule has 2 N–H and O–H groups in total. The van der Waals surface area contributed by atoms with Crippen LogP contribution in [0.2, 0.25) is 0 Å². The van der Waals surface area contributed by atoms with Crippen molar-refractivity contribution in [1.29, 1.82) is 0 Å². The molecule has 1 aliphatic heterocycles. The summed E-state index contributed by atoms with van der Waals surface area (Å²) in [6, 6.07) is 3.28. The molecule has 1 saturated heterocycles. The number of benzene rings is 1. The highest BCUT2D eigenvalue weighted by Gasteiger charge is 2.40. The molecular formula is C19H31N3O3S. The van der Waals surface area contributed by atoms with Crippen LogP contribution in [0.5, 0.6) is 0 Å². The van der Waals surface area contributed by atoms with Crippen molar-refractivity contribution in [3.05, 3.63) is 28.8 Å². The maximum Gasteiger partial charge on any atom is 0.244 e. The standard InChI is InChI=1S/C19H31N3O3S/c1-6-20-16(5)12-21-19(23)17-8-7-9-22(17)26(24,25)18-14(3)10-13(2)11-15(18)4/h10-11,16-17,20H,6-9,12H2,1-5H3,(H,21,23)/t16-,17?/m1/s1. The van der Waals surface area contributed by atoms with E-state index in [1.807, 2.05) is 46.8 Å². The van der Waals surface area contributed by atoms with E-state index in [2.05, 4.69) is 10.6 Å². The van der Waals surface area contributed by atoms with E-state index in [0.29, 0.717) is 30.8 Å². The van der Waals surface area contributed by atoms with E-state index in [1.54, 1.807) is 0 Å². The molecule has 1 amide bonds. The molecule has 6 nitrogen and oxygen atoms in total. The second-order valence-electron chi connectivity index (χ2n) is 7.21. The topological polar surface area (TPSA) is 78.5 Å². The number of amides is 1. The van der Waals surface area contributed by atoms with Crippen molar-refractivity contribution >= 4 is 15.9 Å². The van der Waals surface area contributed by atoms with Gasteiger partial charge < -0.3 is 10.6 Å². The van der Waals surface area contributed by atoms with Crippen LogP contribution in [0.1, 0.15) is 43.4 Å². The van der Waals surface area contributed by atoms with Crippen LogP contribution in [0.3, 0.4) is 0 Å². The lowest BCUT2D eigenvalue weighted by Gasteiger charge is -2.26. The van der Waals surface area contributed by atoms with Crippen molar-refractivity contribution in [2.75, 3.05) is 19.6 Å². The number of carbonyl (C=O) groups is 1. The van der Waals surface area contributed by atoms with Crippen molar-refractivity contribution in [3.8, 4) is 0 Å². The van der Waals surface area contributed by atoms with Gasteiger partial charge in [-0.1, -0.05) is 24.6 Å². The van der Waals surface area contributed by atoms with Crippen LogP contribution in [-0.2, 0) is 14.8 Å². The highest BCUT2D eigenvalue weighted by molar-refractivity contribution is 7.89. The molecule has 1 fully saturated rings. The summed E-state index contributed by atoms with van der Waals surface area (Å²) >= 11 is 0. The molecule has 26 heavy (non-hydrogen) atoms. The SMILES string of the molecule is CCN[C@H](C)CNC(=O)C1CCCN1S(=O)(=O)c1c(C)cc(C)cc1C. The van der Waals surface area contributed by atoms with Gasteiger partial charge in [-0.3, -0.25) is 4.79 Å². The summed E-state index contributed by atoms with van der Waals surface area (Å²) in [7, 11) is -3.70. The Morgan fingerprint density at radius 3 is 2.46 bits per heavy atom. The summed E-state index contributed by atoms with van der Waals surface area (Å²) in [6.45, 7) is 11.3. The average Bonchev–Trinajstić information content (AvgIpc) is 3.02. The van der Waals surface area contributed by atoms with E-state index in [0.717, 1.165) is 23.2 Å². The molecule has 0 spiro atoms. The number of nitrogens with zero attached hydrogens (tertiary/aromatic N) is 1. The predicted molar refractivity (Wildman–Crippen MR) is 104 cm³/mol. The van der Waals surface area contributed by atoms with Gasteiger partial charge in [0.1, 0.15) is 6.04 Å². The quantitative estimate of drug-likeness (QED) is 0.756. The maximum absolute atomic E-state index is 13.3. The molecule has 0 aliphatic carbocycles. The van der Waals surface area contributed by atoms with Crippen molar-refractivity contribution in [3.63, 3.8) is 0 Å². The van der Waals surface area contributed by atoms with E-state index in [-0.39, 0.29) is 11.9 Å². The first kappa shape index (κ1) is 20.9. The molecule has 7 heteroatoms. The molecule has 1 aromatic rings. The number of sulfonamides is 1. The summed E-state index contributed by atoms with van der Waals surface area (Å²) in [6.07, 6.45) is 1.26. The summed E-state index contributed by atoms with van der Waals surface area (Å²) in [4.78, 5) is 13.0. The van der Waals surface area contributed by atoms with Gasteiger partial charge in [0.15, 0.2) is 0 Å². The molecular weight excluding hydrogens is 350 g/mol. The molecule has 0 saturated carbocycles. The minimum Gasteiger partial charge on any atom is -0.353 e. The lowest BCUT2D eigenvalue weighted by Crippen LogP contribution is -2.48. The van der Waals surface area contributed by atoms with Gasteiger partial charge in [0.05, 0.1) is 4.90 Å². The normalized spacial score (nSPS) is 19.5. The first-order chi connectivity index (χ1) is 12.2. The van der Waals surface area contributed by atoms with Gasteiger partial charge in [-0.2, -0.15) is 4.31 Å². The molecule has 1 unspecified atom stereocenters. The van der Waals surface area contributed by atoms with Crippen LogP contribution < -0.4 is 10.6 Å². The highest BCUT2D eigenvalue weighted by Crippen LogP contribution is 2.30. The number of likely N-dealkylation sites (N-methyl/N-ethyl adjacent to an activating group) is 1. The number of rotatable bonds is 7. The Morgan fingerprint density at radius 2 is 1.88 bits per heavy atom. The molecule has 2 atom stereocenters. The third-order valence-electron chi connectivity index (χ3n) is 4.81. The molecule has 1 aliphatic rings. The number of carbonyl (C=O) groups excluding carboxylic acids is 1. The van der Waals surface area contributed by atoms with Gasteiger partial charge in [-0.05, 0) is 58.2 Å². The van der Waals surface area contributed by atoms with Gasteiger partial charge in [-0.25, -0.2) is 8.42 Å². The number of hydrogen-bond donors (Lipinski definition) is 2. The smallest absolute Gasteiger partial charge is 0.244 e. The summed E-state index contributed by atoms with van der Waals surface area (Å²) < 4.78 is 27.9. The first-order valence-corrected chi connectivity index (χ1v) is 10.7. The van der Waals surface area contributed by atoms with Crippen LogP contribution in [0.25, 0.3) is 0 Å². The van der Waals surface area contributed by atoms with Gasteiger partial charge in [-0.15, -0.1) is 0 Å². The average molecular weight is 382 g/mol. The number of nitrogens with one attached hydrogen (secondary N) is 2. The van der Waals surface area contributed by atoms with E-state index in [1.165, 1.54) is 4.31 Å². The number of hydrogen-bond acceptors (Lipinski definition) is 4. The van der Waals surface area contributed by atoms with Gasteiger partial charge >= 0.3 is 0 Å². The second-order valence-corrected chi connectivity index (χ2v) is 9.03. The van der Waals surface area contributed by atoms with Crippen molar-refractivity contribution in [1.82, 2.24) is 14.9 Å². The molecule has 2 rings (SSSR count). The zero-order valence-electron chi connectivity index (χ0n) is 16.4. The Morgan fingerprint density at radius 1 is 1.27 bits per heavy atom. The summed E-state index contributed by atoms with van der Waals surface area (Å²) in [5.74, 6) is -0.210. The van der Waals surface area contributed by atoms with Crippen LogP contribution in [0.4, 0.5) is 0 Å². The fourth-order valence-corrected chi connectivity index (χ4v) is 5.84. The predicted octanol–water partition coefficient (Wildman–Crippen LogP) is 1.88. The molecule has 146 valence electrons. The van der Waals surface area contributed by atoms with Crippen LogP contribution >= 0.6 is 0 Å². The van der Waals surface area contributed by atoms with Crippen LogP contribution in [-0.4, -0.2) is 50.3 Å². The van der Waals surface area contributed by atoms with Crippen molar-refractivity contribution < 1.29 is 13.2 Å². The summed E-state index contributed by atoms with van der Waals surface area (Å²) in [5, 5.41) is 6.13. The van der Waals surface area contributed by atoms with E-state index in [4.69, 9.17) is 0 Å². The van der Waals surface area contributed by atoms with Crippen LogP contribution in [0.15, 0.2) is 17.0 Å². The minimum atomic E-state index is -3.70. The lowest BCUT2D eigenvalue weighted by molar-refractivity contribution is -0.124. The van der Waals surface area contributed by atoms with E-state index in [9.17, 15) is 13.2 Å². The molecule has 1 aromatic carbocycles. The lowest BCUT2D eigenvalue weighted by atomic mass is 10.1. The zero-order chi connectivity index (χ0) is 19.5. The van der Waals surface area contributed by atoms with Crippen molar-refractivity contribution in [2.24, 2.45) is 0 Å². The fraction of sp³-hybridized carbons (Fsp3) is 0.632. The van der Waals surface area contributed by atoms with Gasteiger partial charge in [0, 0.05) is 19.1 Å². The summed E-state index contributed by atoms with van der Waals surface area (Å²) in [5.41, 5.74) is 2.50. The van der Waals surface area contributed by atoms with Gasteiger partial charge in [0.2, 0.25) is 15.9 Å². The fourth-order valence-electron chi connectivity index (χ4n) is 3.77.